The molecule has 1 rings (SSSR count). The molecule has 1 heterocycles. The van der Waals surface area contributed by atoms with Crippen molar-refractivity contribution in [3.8, 4) is 0 Å². The molecule has 5 heteroatoms. The summed E-state index contributed by atoms with van der Waals surface area (Å²) >= 11 is 5.92. The first-order valence-electron chi connectivity index (χ1n) is 3.91. The van der Waals surface area contributed by atoms with Crippen LogP contribution < -0.4 is 0 Å². The normalized spacial score (nSPS) is 10.2. The Bertz CT molecular complexity index is 333. The van der Waals surface area contributed by atoms with Gasteiger partial charge in [0.2, 0.25) is 0 Å². The molecule has 0 aliphatic heterocycles. The van der Waals surface area contributed by atoms with E-state index in [0.717, 1.165) is 12.1 Å². The molecular formula is C8H11ClN2O2. The molecule has 0 radical (unpaired) electrons. The Morgan fingerprint density at radius 3 is 2.69 bits per heavy atom. The van der Waals surface area contributed by atoms with Gasteiger partial charge in [0.15, 0.2) is 5.69 Å². The molecule has 0 saturated carbocycles. The monoisotopic (exact) mass is 202 g/mol. The fourth-order valence-electron chi connectivity index (χ4n) is 1.14. The number of ether oxygens (including phenoxy) is 1. The van der Waals surface area contributed by atoms with Gasteiger partial charge in [-0.2, -0.15) is 5.10 Å². The molecule has 0 aliphatic carbocycles. The molecule has 1 aromatic rings. The second-order valence-corrected chi connectivity index (χ2v) is 2.96. The molecule has 0 N–H and O–H groups in total. The lowest BCUT2D eigenvalue weighted by Crippen LogP contribution is -2.03. The average molecular weight is 203 g/mol. The van der Waals surface area contributed by atoms with Crippen LogP contribution in [-0.4, -0.2) is 22.9 Å². The molecule has 0 fully saturated rings. The smallest absolute Gasteiger partial charge is 0.360 e. The Hall–Kier alpha value is -1.03. The number of rotatable bonds is 2. The van der Waals surface area contributed by atoms with Gasteiger partial charge in [0.25, 0.3) is 0 Å². The number of hydrogen-bond donors (Lipinski definition) is 0. The van der Waals surface area contributed by atoms with Crippen LogP contribution in [0, 0.1) is 0 Å². The van der Waals surface area contributed by atoms with Crippen LogP contribution in [0.4, 0.5) is 0 Å². The van der Waals surface area contributed by atoms with Crippen LogP contribution in [0.2, 0.25) is 5.02 Å². The Balaban J connectivity index is 3.18. The van der Waals surface area contributed by atoms with E-state index in [1.807, 2.05) is 6.92 Å². The zero-order chi connectivity index (χ0) is 10.0. The number of methoxy groups -OCH3 is 1. The van der Waals surface area contributed by atoms with Gasteiger partial charge in [0.05, 0.1) is 17.8 Å². The standard InChI is InChI=1S/C8H11ClN2O2/c1-4-5-6(9)7(8(12)13-3)10-11(5)2/h4H2,1-3H3. The summed E-state index contributed by atoms with van der Waals surface area (Å²) in [6.45, 7) is 1.95. The van der Waals surface area contributed by atoms with E-state index in [1.54, 1.807) is 11.7 Å². The van der Waals surface area contributed by atoms with Gasteiger partial charge in [-0.1, -0.05) is 18.5 Å². The van der Waals surface area contributed by atoms with E-state index >= 15 is 0 Å². The van der Waals surface area contributed by atoms with Gasteiger partial charge in [-0.3, -0.25) is 4.68 Å². The lowest BCUT2D eigenvalue weighted by molar-refractivity contribution is 0.0593. The number of hydrogen-bond acceptors (Lipinski definition) is 3. The number of aromatic nitrogens is 2. The highest BCUT2D eigenvalue weighted by molar-refractivity contribution is 6.34. The van der Waals surface area contributed by atoms with Crippen LogP contribution in [-0.2, 0) is 18.2 Å². The predicted octanol–water partition coefficient (Wildman–Crippen LogP) is 1.42. The summed E-state index contributed by atoms with van der Waals surface area (Å²) < 4.78 is 6.12. The summed E-state index contributed by atoms with van der Waals surface area (Å²) in [4.78, 5) is 11.1. The third-order valence-electron chi connectivity index (χ3n) is 1.82. The molecule has 0 unspecified atom stereocenters. The molecule has 4 nitrogen and oxygen atoms in total. The van der Waals surface area contributed by atoms with Crippen molar-refractivity contribution in [3.05, 3.63) is 16.4 Å². The highest BCUT2D eigenvalue weighted by Gasteiger charge is 2.19. The number of nitrogens with zero attached hydrogens (tertiary/aromatic N) is 2. The summed E-state index contributed by atoms with van der Waals surface area (Å²) in [5.74, 6) is -0.500. The third-order valence-corrected chi connectivity index (χ3v) is 2.21. The van der Waals surface area contributed by atoms with Crippen LogP contribution in [0.3, 0.4) is 0 Å². The Kier molecular flexibility index (Phi) is 2.93. The van der Waals surface area contributed by atoms with E-state index in [-0.39, 0.29) is 5.69 Å². The number of halogens is 1. The highest BCUT2D eigenvalue weighted by Crippen LogP contribution is 2.20. The van der Waals surface area contributed by atoms with Crippen molar-refractivity contribution in [2.24, 2.45) is 7.05 Å². The number of esters is 1. The SMILES string of the molecule is CCc1c(Cl)c(C(=O)OC)nn1C. The molecule has 0 bridgehead atoms. The number of carbonyl (C=O) groups is 1. The fourth-order valence-corrected chi connectivity index (χ4v) is 1.52. The largest absolute Gasteiger partial charge is 0.464 e. The summed E-state index contributed by atoms with van der Waals surface area (Å²) in [5.41, 5.74) is 1.02. The summed E-state index contributed by atoms with van der Waals surface area (Å²) in [7, 11) is 3.05. The fraction of sp³-hybridized carbons (Fsp3) is 0.500. The van der Waals surface area contributed by atoms with E-state index in [1.165, 1.54) is 7.11 Å². The molecule has 13 heavy (non-hydrogen) atoms. The minimum Gasteiger partial charge on any atom is -0.464 e. The Labute approximate surface area is 81.4 Å². The first-order valence-corrected chi connectivity index (χ1v) is 4.29. The van der Waals surface area contributed by atoms with Crippen molar-refractivity contribution in [2.75, 3.05) is 7.11 Å². The van der Waals surface area contributed by atoms with Gasteiger partial charge < -0.3 is 4.74 Å². The maximum absolute atomic E-state index is 11.1. The molecule has 0 spiro atoms. The van der Waals surface area contributed by atoms with E-state index in [9.17, 15) is 4.79 Å². The zero-order valence-corrected chi connectivity index (χ0v) is 8.55. The molecule has 0 aliphatic rings. The van der Waals surface area contributed by atoms with Crippen LogP contribution in [0.5, 0.6) is 0 Å². The Morgan fingerprint density at radius 2 is 2.31 bits per heavy atom. The van der Waals surface area contributed by atoms with Crippen LogP contribution >= 0.6 is 11.6 Å². The average Bonchev–Trinajstić information content (AvgIpc) is 2.40. The van der Waals surface area contributed by atoms with E-state index in [2.05, 4.69) is 9.84 Å². The summed E-state index contributed by atoms with van der Waals surface area (Å²) in [5, 5.41) is 4.35. The molecular weight excluding hydrogens is 192 g/mol. The van der Waals surface area contributed by atoms with Crippen LogP contribution in [0.1, 0.15) is 23.1 Å². The number of aryl methyl sites for hydroxylation is 1. The lowest BCUT2D eigenvalue weighted by Gasteiger charge is -1.95. The first kappa shape index (κ1) is 10.1. The summed E-state index contributed by atoms with van der Waals surface area (Å²) in [6.07, 6.45) is 0.735. The van der Waals surface area contributed by atoms with E-state index < -0.39 is 5.97 Å². The third kappa shape index (κ3) is 1.67. The van der Waals surface area contributed by atoms with Gasteiger partial charge in [0, 0.05) is 7.05 Å². The molecule has 0 amide bonds. The van der Waals surface area contributed by atoms with Crippen molar-refractivity contribution in [1.82, 2.24) is 9.78 Å². The molecule has 0 aromatic carbocycles. The predicted molar refractivity (Wildman–Crippen MR) is 48.9 cm³/mol. The van der Waals surface area contributed by atoms with Gasteiger partial charge in [-0.05, 0) is 6.42 Å². The topological polar surface area (TPSA) is 44.1 Å². The minimum atomic E-state index is -0.500. The minimum absolute atomic E-state index is 0.184. The second-order valence-electron chi connectivity index (χ2n) is 2.58. The first-order chi connectivity index (χ1) is 6.11. The van der Waals surface area contributed by atoms with Gasteiger partial charge in [-0.25, -0.2) is 4.79 Å². The van der Waals surface area contributed by atoms with Crippen molar-refractivity contribution in [3.63, 3.8) is 0 Å². The van der Waals surface area contributed by atoms with Crippen molar-refractivity contribution in [2.45, 2.75) is 13.3 Å². The van der Waals surface area contributed by atoms with Gasteiger partial charge in [0.1, 0.15) is 0 Å². The summed E-state index contributed by atoms with van der Waals surface area (Å²) in [6, 6.07) is 0. The van der Waals surface area contributed by atoms with Crippen molar-refractivity contribution < 1.29 is 9.53 Å². The molecule has 1 aromatic heterocycles. The van der Waals surface area contributed by atoms with Crippen LogP contribution in [0.15, 0.2) is 0 Å². The lowest BCUT2D eigenvalue weighted by atomic mass is 10.3. The Morgan fingerprint density at radius 1 is 1.69 bits per heavy atom. The maximum Gasteiger partial charge on any atom is 0.360 e. The maximum atomic E-state index is 11.1. The van der Waals surface area contributed by atoms with E-state index in [0.29, 0.717) is 5.02 Å². The molecule has 72 valence electrons. The molecule has 0 saturated heterocycles. The van der Waals surface area contributed by atoms with Gasteiger partial charge >= 0.3 is 5.97 Å². The number of carbonyl (C=O) groups excluding carboxylic acids is 1. The van der Waals surface area contributed by atoms with Crippen molar-refractivity contribution >= 4 is 17.6 Å². The van der Waals surface area contributed by atoms with E-state index in [4.69, 9.17) is 11.6 Å². The molecule has 0 atom stereocenters. The highest BCUT2D eigenvalue weighted by atomic mass is 35.5. The quantitative estimate of drug-likeness (QED) is 0.682. The second kappa shape index (κ2) is 3.79. The van der Waals surface area contributed by atoms with Crippen LogP contribution in [0.25, 0.3) is 0 Å². The zero-order valence-electron chi connectivity index (χ0n) is 7.80. The van der Waals surface area contributed by atoms with Gasteiger partial charge in [-0.15, -0.1) is 0 Å². The van der Waals surface area contributed by atoms with Crippen molar-refractivity contribution in [1.29, 1.82) is 0 Å².